The molecule has 5 heteroatoms. The Hall–Kier alpha value is -1.10. The van der Waals surface area contributed by atoms with Crippen LogP contribution in [-0.2, 0) is 9.59 Å². The smallest absolute Gasteiger partial charge is 0.312 e. The normalized spacial score (nSPS) is 21.8. The monoisotopic (exact) mass is 225 g/mol. The summed E-state index contributed by atoms with van der Waals surface area (Å²) in [7, 11) is 0. The van der Waals surface area contributed by atoms with Crippen molar-refractivity contribution >= 4 is 11.8 Å². The molecule has 0 atom stereocenters. The van der Waals surface area contributed by atoms with Crippen molar-refractivity contribution in [2.45, 2.75) is 25.8 Å². The summed E-state index contributed by atoms with van der Waals surface area (Å²) in [5.74, 6) is -0.689. The Bertz CT molecular complexity index is 289. The van der Waals surface area contributed by atoms with E-state index in [0.717, 1.165) is 6.54 Å². The van der Waals surface area contributed by atoms with Crippen LogP contribution in [0.3, 0.4) is 0 Å². The highest BCUT2D eigenvalue weighted by molar-refractivity contribution is 6.35. The summed E-state index contributed by atoms with van der Waals surface area (Å²) in [4.78, 5) is 26.5. The average Bonchev–Trinajstić information content (AvgIpc) is 3.08. The van der Waals surface area contributed by atoms with Gasteiger partial charge in [-0.3, -0.25) is 9.59 Å². The van der Waals surface area contributed by atoms with Crippen molar-refractivity contribution in [1.82, 2.24) is 15.1 Å². The van der Waals surface area contributed by atoms with E-state index in [1.165, 1.54) is 12.8 Å². The van der Waals surface area contributed by atoms with E-state index >= 15 is 0 Å². The second-order valence-electron chi connectivity index (χ2n) is 4.41. The predicted octanol–water partition coefficient (Wildman–Crippen LogP) is -0.571. The number of carbonyl (C=O) groups excluding carboxylic acids is 2. The van der Waals surface area contributed by atoms with E-state index in [1.54, 1.807) is 9.80 Å². The van der Waals surface area contributed by atoms with Crippen LogP contribution in [0.25, 0.3) is 0 Å². The summed E-state index contributed by atoms with van der Waals surface area (Å²) in [5.41, 5.74) is 0. The number of amides is 2. The molecular weight excluding hydrogens is 206 g/mol. The van der Waals surface area contributed by atoms with Gasteiger partial charge in [-0.1, -0.05) is 0 Å². The summed E-state index contributed by atoms with van der Waals surface area (Å²) in [6.45, 7) is 5.32. The molecule has 0 aromatic heterocycles. The van der Waals surface area contributed by atoms with E-state index in [-0.39, 0.29) is 11.8 Å². The highest BCUT2D eigenvalue weighted by atomic mass is 16.2. The minimum absolute atomic E-state index is 0.342. The molecule has 16 heavy (non-hydrogen) atoms. The maximum Gasteiger partial charge on any atom is 0.312 e. The van der Waals surface area contributed by atoms with E-state index in [0.29, 0.717) is 32.2 Å². The van der Waals surface area contributed by atoms with Crippen molar-refractivity contribution in [1.29, 1.82) is 0 Å². The van der Waals surface area contributed by atoms with Gasteiger partial charge in [0.25, 0.3) is 0 Å². The van der Waals surface area contributed by atoms with E-state index in [9.17, 15) is 9.59 Å². The first kappa shape index (κ1) is 11.4. The second kappa shape index (κ2) is 4.82. The van der Waals surface area contributed by atoms with Gasteiger partial charge in [-0.2, -0.15) is 0 Å². The standard InChI is InChI=1S/C11H19N3O2/c1-2-13-7-8-14(11(16)10(13)15)6-5-12-9-3-4-9/h9,12H,2-8H2,1H3. The lowest BCUT2D eigenvalue weighted by atomic mass is 10.3. The van der Waals surface area contributed by atoms with Gasteiger partial charge in [0.1, 0.15) is 0 Å². The van der Waals surface area contributed by atoms with Gasteiger partial charge in [-0.15, -0.1) is 0 Å². The summed E-state index contributed by atoms with van der Waals surface area (Å²) < 4.78 is 0. The first-order chi connectivity index (χ1) is 7.72. The van der Waals surface area contributed by atoms with Gasteiger partial charge in [0.2, 0.25) is 0 Å². The van der Waals surface area contributed by atoms with E-state index in [4.69, 9.17) is 0 Å². The van der Waals surface area contributed by atoms with Gasteiger partial charge in [0.05, 0.1) is 0 Å². The van der Waals surface area contributed by atoms with Gasteiger partial charge in [-0.05, 0) is 19.8 Å². The Kier molecular flexibility index (Phi) is 3.43. The maximum absolute atomic E-state index is 11.7. The van der Waals surface area contributed by atoms with Crippen LogP contribution in [0.1, 0.15) is 19.8 Å². The van der Waals surface area contributed by atoms with Crippen LogP contribution in [0.4, 0.5) is 0 Å². The number of nitrogens with one attached hydrogen (secondary N) is 1. The number of hydrogen-bond acceptors (Lipinski definition) is 3. The van der Waals surface area contributed by atoms with Crippen molar-refractivity contribution in [3.63, 3.8) is 0 Å². The summed E-state index contributed by atoms with van der Waals surface area (Å²) in [6.07, 6.45) is 2.49. The van der Waals surface area contributed by atoms with Crippen molar-refractivity contribution < 1.29 is 9.59 Å². The van der Waals surface area contributed by atoms with E-state index in [1.807, 2.05) is 6.92 Å². The Balaban J connectivity index is 1.77. The highest BCUT2D eigenvalue weighted by Gasteiger charge is 2.31. The topological polar surface area (TPSA) is 52.6 Å². The van der Waals surface area contributed by atoms with Crippen molar-refractivity contribution in [3.05, 3.63) is 0 Å². The molecule has 0 bridgehead atoms. The molecule has 1 N–H and O–H groups in total. The van der Waals surface area contributed by atoms with Crippen molar-refractivity contribution in [2.75, 3.05) is 32.7 Å². The largest absolute Gasteiger partial charge is 0.333 e. The average molecular weight is 225 g/mol. The molecule has 2 rings (SSSR count). The lowest BCUT2D eigenvalue weighted by Gasteiger charge is -2.33. The highest BCUT2D eigenvalue weighted by Crippen LogP contribution is 2.18. The molecular formula is C11H19N3O2. The first-order valence-corrected chi connectivity index (χ1v) is 6.04. The number of piperazine rings is 1. The Morgan fingerprint density at radius 2 is 1.81 bits per heavy atom. The van der Waals surface area contributed by atoms with Crippen LogP contribution in [0.15, 0.2) is 0 Å². The van der Waals surface area contributed by atoms with E-state index in [2.05, 4.69) is 5.32 Å². The second-order valence-corrected chi connectivity index (χ2v) is 4.41. The van der Waals surface area contributed by atoms with Crippen LogP contribution >= 0.6 is 0 Å². The fraction of sp³-hybridized carbons (Fsp3) is 0.818. The van der Waals surface area contributed by atoms with Gasteiger partial charge < -0.3 is 15.1 Å². The molecule has 0 unspecified atom stereocenters. The maximum atomic E-state index is 11.7. The van der Waals surface area contributed by atoms with Gasteiger partial charge in [0.15, 0.2) is 0 Å². The molecule has 0 radical (unpaired) electrons. The quantitative estimate of drug-likeness (QED) is 0.637. The Morgan fingerprint density at radius 3 is 2.44 bits per heavy atom. The summed E-state index contributed by atoms with van der Waals surface area (Å²) in [6, 6.07) is 0.655. The lowest BCUT2D eigenvalue weighted by molar-refractivity contribution is -0.155. The number of nitrogens with zero attached hydrogens (tertiary/aromatic N) is 2. The van der Waals surface area contributed by atoms with Crippen LogP contribution in [0.2, 0.25) is 0 Å². The predicted molar refractivity (Wildman–Crippen MR) is 59.9 cm³/mol. The first-order valence-electron chi connectivity index (χ1n) is 6.04. The number of carbonyl (C=O) groups is 2. The molecule has 2 aliphatic rings. The summed E-state index contributed by atoms with van der Waals surface area (Å²) in [5, 5.41) is 3.35. The minimum Gasteiger partial charge on any atom is -0.333 e. The fourth-order valence-electron chi connectivity index (χ4n) is 1.92. The molecule has 0 aromatic carbocycles. The summed E-state index contributed by atoms with van der Waals surface area (Å²) >= 11 is 0. The zero-order chi connectivity index (χ0) is 11.5. The SMILES string of the molecule is CCN1CCN(CCNC2CC2)C(=O)C1=O. The molecule has 5 nitrogen and oxygen atoms in total. The molecule has 90 valence electrons. The number of likely N-dealkylation sites (N-methyl/N-ethyl adjacent to an activating group) is 1. The van der Waals surface area contributed by atoms with Crippen LogP contribution < -0.4 is 5.32 Å². The Morgan fingerprint density at radius 1 is 1.19 bits per heavy atom. The molecule has 1 aliphatic carbocycles. The zero-order valence-corrected chi connectivity index (χ0v) is 9.74. The zero-order valence-electron chi connectivity index (χ0n) is 9.74. The molecule has 2 amide bonds. The van der Waals surface area contributed by atoms with E-state index < -0.39 is 0 Å². The van der Waals surface area contributed by atoms with Gasteiger partial charge in [-0.25, -0.2) is 0 Å². The van der Waals surface area contributed by atoms with Crippen LogP contribution in [0, 0.1) is 0 Å². The number of hydrogen-bond donors (Lipinski definition) is 1. The third-order valence-corrected chi connectivity index (χ3v) is 3.17. The number of rotatable bonds is 5. The van der Waals surface area contributed by atoms with Crippen LogP contribution in [0.5, 0.6) is 0 Å². The third kappa shape index (κ3) is 2.52. The third-order valence-electron chi connectivity index (χ3n) is 3.17. The van der Waals surface area contributed by atoms with Gasteiger partial charge >= 0.3 is 11.8 Å². The molecule has 0 aromatic rings. The molecule has 1 saturated carbocycles. The van der Waals surface area contributed by atoms with Crippen LogP contribution in [-0.4, -0.2) is 60.4 Å². The lowest BCUT2D eigenvalue weighted by Crippen LogP contribution is -2.55. The molecule has 1 aliphatic heterocycles. The molecule has 0 spiro atoms. The van der Waals surface area contributed by atoms with Crippen molar-refractivity contribution in [3.8, 4) is 0 Å². The molecule has 1 heterocycles. The van der Waals surface area contributed by atoms with Crippen molar-refractivity contribution in [2.24, 2.45) is 0 Å². The molecule has 1 saturated heterocycles. The molecule has 2 fully saturated rings. The minimum atomic E-state index is -0.347. The van der Waals surface area contributed by atoms with Gasteiger partial charge in [0, 0.05) is 38.8 Å². The Labute approximate surface area is 95.8 Å². The fourth-order valence-corrected chi connectivity index (χ4v) is 1.92.